The van der Waals surface area contributed by atoms with Crippen LogP contribution in [0.5, 0.6) is 0 Å². The molecule has 0 bridgehead atoms. The summed E-state index contributed by atoms with van der Waals surface area (Å²) in [5.74, 6) is 1.81. The van der Waals surface area contributed by atoms with Crippen LogP contribution in [0.1, 0.15) is 112 Å². The molecule has 2 heteroatoms. The number of rotatable bonds is 6. The van der Waals surface area contributed by atoms with E-state index in [1.165, 1.54) is 44.8 Å². The molecule has 0 saturated carbocycles. The van der Waals surface area contributed by atoms with E-state index in [2.05, 4.69) is 122 Å². The minimum Gasteiger partial charge on any atom is -0.315 e. The highest BCUT2D eigenvalue weighted by Crippen LogP contribution is 2.43. The van der Waals surface area contributed by atoms with Crippen LogP contribution in [0.25, 0.3) is 0 Å². The topological polar surface area (TPSA) is 6.48 Å². The van der Waals surface area contributed by atoms with Gasteiger partial charge in [-0.3, -0.25) is 0 Å². The first-order valence-corrected chi connectivity index (χ1v) is 11.8. The molecule has 0 fully saturated rings. The minimum atomic E-state index is 0.452. The van der Waals surface area contributed by atoms with Crippen molar-refractivity contribution in [1.29, 1.82) is 0 Å². The molecular weight excluding hydrogens is 376 g/mol. The molecule has 1 aliphatic rings. The van der Waals surface area contributed by atoms with Gasteiger partial charge in [-0.15, -0.1) is 0 Å². The third-order valence-electron chi connectivity index (χ3n) is 6.18. The van der Waals surface area contributed by atoms with Gasteiger partial charge in [0.15, 0.2) is 0 Å². The molecule has 2 nitrogen and oxygen atoms in total. The van der Waals surface area contributed by atoms with E-state index in [4.69, 9.17) is 0 Å². The molecule has 0 atom stereocenters. The Morgan fingerprint density at radius 3 is 1.00 bits per heavy atom. The summed E-state index contributed by atoms with van der Waals surface area (Å²) < 4.78 is 0. The zero-order valence-corrected chi connectivity index (χ0v) is 21.2. The smallest absolute Gasteiger partial charge is 0.217 e. The van der Waals surface area contributed by atoms with Gasteiger partial charge in [0.1, 0.15) is 0 Å². The number of hydrogen-bond donors (Lipinski definition) is 0. The van der Waals surface area contributed by atoms with E-state index in [1.807, 2.05) is 0 Å². The molecule has 1 aliphatic heterocycles. The first-order valence-electron chi connectivity index (χ1n) is 11.8. The Kier molecular flexibility index (Phi) is 6.88. The van der Waals surface area contributed by atoms with Gasteiger partial charge in [-0.25, -0.2) is 0 Å². The molecular formula is C29H40N2. The lowest BCUT2D eigenvalue weighted by Crippen LogP contribution is -2.23. The molecule has 0 N–H and O–H groups in total. The van der Waals surface area contributed by atoms with Crippen LogP contribution in [0.15, 0.2) is 36.7 Å². The fourth-order valence-corrected chi connectivity index (χ4v) is 4.55. The van der Waals surface area contributed by atoms with E-state index in [1.54, 1.807) is 0 Å². The quantitative estimate of drug-likeness (QED) is 0.465. The molecule has 2 aromatic carbocycles. The molecule has 3 rings (SSSR count). The molecule has 2 aromatic rings. The van der Waals surface area contributed by atoms with E-state index >= 15 is 0 Å². The lowest BCUT2D eigenvalue weighted by Gasteiger charge is -2.30. The summed E-state index contributed by atoms with van der Waals surface area (Å²) in [6.45, 7) is 26.4. The van der Waals surface area contributed by atoms with Gasteiger partial charge in [-0.05, 0) is 59.8 Å². The number of hydrogen-bond acceptors (Lipinski definition) is 2. The normalized spacial score (nSPS) is 14.3. The third-order valence-corrected chi connectivity index (χ3v) is 6.18. The number of nitrogens with zero attached hydrogens (tertiary/aromatic N) is 2. The molecule has 0 aromatic heterocycles. The fourth-order valence-electron chi connectivity index (χ4n) is 4.55. The standard InChI is InChI=1S/C29H40N2/c1-18(2)24-13-22(9)14-25(19(3)4)28(24)30-11-12-31(17-30)29-26(20(5)6)15-23(10)16-27(29)21(7)8/h11-16,18-21H,1-10H3. The summed E-state index contributed by atoms with van der Waals surface area (Å²) in [7, 11) is 0. The Morgan fingerprint density at radius 2 is 0.774 bits per heavy atom. The summed E-state index contributed by atoms with van der Waals surface area (Å²) >= 11 is 0. The Hall–Kier alpha value is -2.22. The van der Waals surface area contributed by atoms with Gasteiger partial charge in [0.2, 0.25) is 6.67 Å². The summed E-state index contributed by atoms with van der Waals surface area (Å²) in [4.78, 5) is 4.44. The first-order chi connectivity index (χ1) is 14.5. The van der Waals surface area contributed by atoms with Crippen molar-refractivity contribution < 1.29 is 0 Å². The average Bonchev–Trinajstić information content (AvgIpc) is 3.15. The monoisotopic (exact) mass is 416 g/mol. The zero-order valence-electron chi connectivity index (χ0n) is 21.2. The predicted octanol–water partition coefficient (Wildman–Crippen LogP) is 8.59. The summed E-state index contributed by atoms with van der Waals surface area (Å²) in [6.07, 6.45) is 4.35. The molecule has 166 valence electrons. The molecule has 31 heavy (non-hydrogen) atoms. The van der Waals surface area contributed by atoms with E-state index in [9.17, 15) is 0 Å². The maximum Gasteiger partial charge on any atom is 0.217 e. The maximum atomic E-state index is 3.70. The number of anilines is 2. The van der Waals surface area contributed by atoms with E-state index in [0.717, 1.165) is 0 Å². The highest BCUT2D eigenvalue weighted by atomic mass is 15.3. The lowest BCUT2D eigenvalue weighted by atomic mass is 9.89. The van der Waals surface area contributed by atoms with Crippen LogP contribution in [-0.4, -0.2) is 0 Å². The molecule has 0 aliphatic carbocycles. The molecule has 0 spiro atoms. The SMILES string of the molecule is Cc1cc(C(C)C)c(N2[C]N(c3c(C(C)C)cc(C)cc3C(C)C)C=C2)c(C(C)C)c1. The maximum absolute atomic E-state index is 3.70. The van der Waals surface area contributed by atoms with Crippen LogP contribution < -0.4 is 9.80 Å². The van der Waals surface area contributed by atoms with Crippen molar-refractivity contribution in [2.24, 2.45) is 0 Å². The molecule has 2 radical (unpaired) electrons. The van der Waals surface area contributed by atoms with Crippen molar-refractivity contribution in [2.75, 3.05) is 9.80 Å². The zero-order chi connectivity index (χ0) is 23.0. The third kappa shape index (κ3) is 4.68. The Balaban J connectivity index is 2.10. The molecule has 1 heterocycles. The minimum absolute atomic E-state index is 0.452. The number of aryl methyl sites for hydroxylation is 2. The molecule has 0 saturated heterocycles. The van der Waals surface area contributed by atoms with Crippen molar-refractivity contribution in [1.82, 2.24) is 0 Å². The van der Waals surface area contributed by atoms with Crippen molar-refractivity contribution in [3.8, 4) is 0 Å². The van der Waals surface area contributed by atoms with Crippen molar-refractivity contribution in [2.45, 2.75) is 92.9 Å². The highest BCUT2D eigenvalue weighted by molar-refractivity contribution is 5.73. The average molecular weight is 417 g/mol. The van der Waals surface area contributed by atoms with E-state index in [0.29, 0.717) is 23.7 Å². The predicted molar refractivity (Wildman–Crippen MR) is 136 cm³/mol. The van der Waals surface area contributed by atoms with E-state index in [-0.39, 0.29) is 0 Å². The first kappa shape index (κ1) is 23.4. The van der Waals surface area contributed by atoms with Crippen LogP contribution in [-0.2, 0) is 0 Å². The van der Waals surface area contributed by atoms with Crippen LogP contribution >= 0.6 is 0 Å². The van der Waals surface area contributed by atoms with Crippen LogP contribution in [0.2, 0.25) is 0 Å². The van der Waals surface area contributed by atoms with Gasteiger partial charge in [0.25, 0.3) is 0 Å². The summed E-state index contributed by atoms with van der Waals surface area (Å²) in [6, 6.07) is 9.37. The Labute approximate surface area is 191 Å². The van der Waals surface area contributed by atoms with Crippen LogP contribution in [0.4, 0.5) is 11.4 Å². The van der Waals surface area contributed by atoms with E-state index < -0.39 is 0 Å². The van der Waals surface area contributed by atoms with Crippen molar-refractivity contribution in [3.63, 3.8) is 0 Å². The van der Waals surface area contributed by atoms with Gasteiger partial charge in [0, 0.05) is 12.4 Å². The van der Waals surface area contributed by atoms with Crippen LogP contribution in [0, 0.1) is 20.5 Å². The van der Waals surface area contributed by atoms with Gasteiger partial charge >= 0.3 is 0 Å². The highest BCUT2D eigenvalue weighted by Gasteiger charge is 2.28. The van der Waals surface area contributed by atoms with Gasteiger partial charge < -0.3 is 9.80 Å². The lowest BCUT2D eigenvalue weighted by molar-refractivity contribution is 0.816. The second-order valence-corrected chi connectivity index (χ2v) is 10.3. The molecule has 0 amide bonds. The van der Waals surface area contributed by atoms with Crippen molar-refractivity contribution >= 4 is 11.4 Å². The second-order valence-electron chi connectivity index (χ2n) is 10.3. The largest absolute Gasteiger partial charge is 0.315 e. The van der Waals surface area contributed by atoms with Gasteiger partial charge in [-0.2, -0.15) is 0 Å². The van der Waals surface area contributed by atoms with Crippen molar-refractivity contribution in [3.05, 3.63) is 76.7 Å². The summed E-state index contributed by atoms with van der Waals surface area (Å²) in [5.41, 5.74) is 10.8. The second kappa shape index (κ2) is 9.10. The van der Waals surface area contributed by atoms with Gasteiger partial charge in [0.05, 0.1) is 11.4 Å². The number of benzene rings is 2. The Bertz CT molecular complexity index is 827. The summed E-state index contributed by atoms with van der Waals surface area (Å²) in [5, 5.41) is 0. The Morgan fingerprint density at radius 1 is 0.516 bits per heavy atom. The fraction of sp³-hybridized carbons (Fsp3) is 0.483. The van der Waals surface area contributed by atoms with Gasteiger partial charge in [-0.1, -0.05) is 90.8 Å². The molecule has 0 unspecified atom stereocenters. The van der Waals surface area contributed by atoms with Crippen LogP contribution in [0.3, 0.4) is 0 Å².